The van der Waals surface area contributed by atoms with Crippen LogP contribution in [0.3, 0.4) is 0 Å². The Morgan fingerprint density at radius 3 is 2.07 bits per heavy atom. The number of likely N-dealkylation sites (N-methyl/N-ethyl adjacent to an activating group) is 1. The lowest BCUT2D eigenvalue weighted by atomic mass is 9.80. The average Bonchev–Trinajstić information content (AvgIpc) is 3.44. The van der Waals surface area contributed by atoms with E-state index >= 15 is 0 Å². The van der Waals surface area contributed by atoms with Crippen molar-refractivity contribution in [1.82, 2.24) is 26.2 Å². The lowest BCUT2D eigenvalue weighted by Gasteiger charge is -2.37. The molecule has 5 amide bonds. The number of ketones is 1. The molecule has 0 spiro atoms. The largest absolute Gasteiger partial charge is 0.356 e. The molecule has 242 valence electrons. The zero-order chi connectivity index (χ0) is 31.9. The molecule has 11 heteroatoms. The number of amides is 5. The van der Waals surface area contributed by atoms with Gasteiger partial charge in [-0.1, -0.05) is 52.9 Å². The van der Waals surface area contributed by atoms with Crippen LogP contribution in [0.4, 0.5) is 0 Å². The SMILES string of the molecule is CC(C)NC(=O)C(=O)[C@H](C[C@@H]1CCCNC1=O)NC(=O)[C@H](CC1CCC1)N(C)C(=O)[C@H](NC(=O)C(C)(C)C)C1CCCC1. The zero-order valence-electron chi connectivity index (χ0n) is 26.9. The fraction of sp³-hybridized carbons (Fsp3) is 0.812. The van der Waals surface area contributed by atoms with Gasteiger partial charge in [0.05, 0.1) is 6.04 Å². The molecule has 1 saturated heterocycles. The van der Waals surface area contributed by atoms with Crippen molar-refractivity contribution in [1.29, 1.82) is 0 Å². The molecule has 4 atom stereocenters. The number of nitrogens with one attached hydrogen (secondary N) is 4. The van der Waals surface area contributed by atoms with E-state index in [-0.39, 0.29) is 42.0 Å². The molecule has 0 bridgehead atoms. The van der Waals surface area contributed by atoms with Gasteiger partial charge in [-0.2, -0.15) is 0 Å². The van der Waals surface area contributed by atoms with Crippen LogP contribution in [0.1, 0.15) is 105 Å². The van der Waals surface area contributed by atoms with Crippen molar-refractivity contribution in [3.8, 4) is 0 Å². The summed E-state index contributed by atoms with van der Waals surface area (Å²) in [5.74, 6) is -3.18. The first-order valence-corrected chi connectivity index (χ1v) is 16.2. The highest BCUT2D eigenvalue weighted by Gasteiger charge is 2.41. The maximum atomic E-state index is 14.1. The second-order valence-electron chi connectivity index (χ2n) is 14.2. The maximum absolute atomic E-state index is 14.1. The molecule has 2 saturated carbocycles. The molecule has 43 heavy (non-hydrogen) atoms. The summed E-state index contributed by atoms with van der Waals surface area (Å²) in [4.78, 5) is 81.1. The highest BCUT2D eigenvalue weighted by molar-refractivity contribution is 6.38. The molecule has 11 nitrogen and oxygen atoms in total. The van der Waals surface area contributed by atoms with Crippen LogP contribution in [0.15, 0.2) is 0 Å². The maximum Gasteiger partial charge on any atom is 0.289 e. The summed E-state index contributed by atoms with van der Waals surface area (Å²) in [5.41, 5.74) is -0.687. The molecule has 1 aliphatic heterocycles. The van der Waals surface area contributed by atoms with Crippen molar-refractivity contribution < 1.29 is 28.8 Å². The highest BCUT2D eigenvalue weighted by Crippen LogP contribution is 2.33. The van der Waals surface area contributed by atoms with Gasteiger partial charge in [-0.3, -0.25) is 28.8 Å². The van der Waals surface area contributed by atoms with Gasteiger partial charge in [0.15, 0.2) is 0 Å². The minimum Gasteiger partial charge on any atom is -0.356 e. The van der Waals surface area contributed by atoms with Crippen molar-refractivity contribution >= 4 is 35.3 Å². The fourth-order valence-corrected chi connectivity index (χ4v) is 6.22. The third-order valence-corrected chi connectivity index (χ3v) is 9.20. The van der Waals surface area contributed by atoms with Crippen LogP contribution >= 0.6 is 0 Å². The standard InChI is InChI=1S/C32H53N5O6/c1-19(2)34-29(41)26(38)23(18-22-15-10-16-33-27(22)39)35-28(40)24(17-20-11-9-12-20)37(6)30(42)25(21-13-7-8-14-21)36-31(43)32(3,4)5/h19-25H,7-18H2,1-6H3,(H,33,39)(H,34,41)(H,35,40)(H,36,43)/t22-,23-,24-,25+/m0/s1. The summed E-state index contributed by atoms with van der Waals surface area (Å²) in [6.45, 7) is 9.43. The van der Waals surface area contributed by atoms with Crippen LogP contribution in [-0.2, 0) is 28.8 Å². The highest BCUT2D eigenvalue weighted by atomic mass is 16.2. The summed E-state index contributed by atoms with van der Waals surface area (Å²) in [6, 6.07) is -3.14. The number of carbonyl (C=O) groups is 6. The normalized spacial score (nSPS) is 21.7. The lowest BCUT2D eigenvalue weighted by Crippen LogP contribution is -2.60. The molecule has 0 radical (unpaired) electrons. The van der Waals surface area contributed by atoms with E-state index in [1.807, 2.05) is 0 Å². The van der Waals surface area contributed by atoms with Gasteiger partial charge in [0, 0.05) is 31.0 Å². The first-order valence-electron chi connectivity index (χ1n) is 16.2. The van der Waals surface area contributed by atoms with Gasteiger partial charge in [0.1, 0.15) is 12.1 Å². The van der Waals surface area contributed by atoms with E-state index in [4.69, 9.17) is 0 Å². The Hall–Kier alpha value is -2.98. The first kappa shape index (κ1) is 34.5. The van der Waals surface area contributed by atoms with Crippen LogP contribution in [0.5, 0.6) is 0 Å². The van der Waals surface area contributed by atoms with E-state index in [1.165, 1.54) is 4.90 Å². The Morgan fingerprint density at radius 1 is 0.884 bits per heavy atom. The molecule has 0 unspecified atom stereocenters. The second kappa shape index (κ2) is 15.1. The van der Waals surface area contributed by atoms with Crippen molar-refractivity contribution in [2.24, 2.45) is 23.2 Å². The van der Waals surface area contributed by atoms with Crippen molar-refractivity contribution in [2.75, 3.05) is 13.6 Å². The third kappa shape index (κ3) is 9.50. The smallest absolute Gasteiger partial charge is 0.289 e. The molecule has 3 fully saturated rings. The van der Waals surface area contributed by atoms with Gasteiger partial charge < -0.3 is 26.2 Å². The molecule has 0 aromatic heterocycles. The number of carbonyl (C=O) groups excluding carboxylic acids is 6. The predicted octanol–water partition coefficient (Wildman–Crippen LogP) is 2.22. The fourth-order valence-electron chi connectivity index (χ4n) is 6.22. The lowest BCUT2D eigenvalue weighted by molar-refractivity contribution is -0.146. The Labute approximate surface area is 256 Å². The van der Waals surface area contributed by atoms with Gasteiger partial charge in [-0.15, -0.1) is 0 Å². The number of Topliss-reactive ketones (excluding diaryl/α,β-unsaturated/α-hetero) is 1. The van der Waals surface area contributed by atoms with Crippen LogP contribution in [0.25, 0.3) is 0 Å². The topological polar surface area (TPSA) is 154 Å². The van der Waals surface area contributed by atoms with E-state index < -0.39 is 47.1 Å². The number of rotatable bonds is 13. The molecule has 2 aliphatic carbocycles. The molecule has 0 aromatic rings. The summed E-state index contributed by atoms with van der Waals surface area (Å²) in [5, 5.41) is 11.2. The summed E-state index contributed by atoms with van der Waals surface area (Å²) >= 11 is 0. The van der Waals surface area contributed by atoms with Gasteiger partial charge >= 0.3 is 0 Å². The van der Waals surface area contributed by atoms with Crippen LogP contribution in [-0.4, -0.2) is 78.0 Å². The van der Waals surface area contributed by atoms with Crippen LogP contribution in [0, 0.1) is 23.2 Å². The third-order valence-electron chi connectivity index (χ3n) is 9.20. The van der Waals surface area contributed by atoms with Crippen molar-refractivity contribution in [3.05, 3.63) is 0 Å². The van der Waals surface area contributed by atoms with Crippen LogP contribution in [0.2, 0.25) is 0 Å². The Balaban J connectivity index is 1.86. The predicted molar refractivity (Wildman–Crippen MR) is 162 cm³/mol. The van der Waals surface area contributed by atoms with Gasteiger partial charge in [-0.25, -0.2) is 0 Å². The summed E-state index contributed by atoms with van der Waals surface area (Å²) in [6.07, 6.45) is 8.25. The summed E-state index contributed by atoms with van der Waals surface area (Å²) < 4.78 is 0. The van der Waals surface area contributed by atoms with Gasteiger partial charge in [-0.05, 0) is 64.2 Å². The molecule has 3 rings (SSSR count). The van der Waals surface area contributed by atoms with E-state index in [1.54, 1.807) is 41.7 Å². The van der Waals surface area contributed by atoms with E-state index in [9.17, 15) is 28.8 Å². The first-order chi connectivity index (χ1) is 20.2. The minimum atomic E-state index is -1.21. The average molecular weight is 604 g/mol. The number of hydrogen-bond donors (Lipinski definition) is 4. The van der Waals surface area contributed by atoms with E-state index in [2.05, 4.69) is 21.3 Å². The zero-order valence-corrected chi connectivity index (χ0v) is 26.9. The van der Waals surface area contributed by atoms with Crippen LogP contribution < -0.4 is 21.3 Å². The molecule has 0 aromatic carbocycles. The molecule has 3 aliphatic rings. The number of hydrogen-bond acceptors (Lipinski definition) is 6. The summed E-state index contributed by atoms with van der Waals surface area (Å²) in [7, 11) is 1.59. The Bertz CT molecular complexity index is 1040. The molecule has 1 heterocycles. The van der Waals surface area contributed by atoms with E-state index in [0.717, 1.165) is 51.4 Å². The molecule has 4 N–H and O–H groups in total. The molecular formula is C32H53N5O6. The van der Waals surface area contributed by atoms with Crippen molar-refractivity contribution in [3.63, 3.8) is 0 Å². The Morgan fingerprint density at radius 2 is 1.53 bits per heavy atom. The monoisotopic (exact) mass is 603 g/mol. The van der Waals surface area contributed by atoms with E-state index in [0.29, 0.717) is 19.4 Å². The quantitative estimate of drug-likeness (QED) is 0.237. The van der Waals surface area contributed by atoms with Gasteiger partial charge in [0.25, 0.3) is 5.91 Å². The number of nitrogens with zero attached hydrogens (tertiary/aromatic N) is 1. The molecular weight excluding hydrogens is 550 g/mol. The van der Waals surface area contributed by atoms with Crippen molar-refractivity contribution in [2.45, 2.75) is 129 Å². The minimum absolute atomic E-state index is 0.00205. The number of piperidine rings is 1. The van der Waals surface area contributed by atoms with Gasteiger partial charge in [0.2, 0.25) is 29.4 Å². The second-order valence-corrected chi connectivity index (χ2v) is 14.2. The Kier molecular flexibility index (Phi) is 12.2.